The highest BCUT2D eigenvalue weighted by Crippen LogP contribution is 2.24. The molecule has 1 N–H and O–H groups in total. The van der Waals surface area contributed by atoms with Crippen molar-refractivity contribution in [3.8, 4) is 11.5 Å². The van der Waals surface area contributed by atoms with Crippen molar-refractivity contribution in [1.29, 1.82) is 0 Å². The minimum Gasteiger partial charge on any atom is -0.497 e. The standard InChI is InChI=1S/C22H22N2O4/c1-3-28-20-9-5-4-8-19(20)23-21(25)18-7-6-14-24(22(18)26)15-16-10-12-17(27-2)13-11-16/h4-14H,3,15H2,1-2H3,(H,23,25). The van der Waals surface area contributed by atoms with Crippen molar-refractivity contribution in [1.82, 2.24) is 4.57 Å². The van der Waals surface area contributed by atoms with E-state index in [9.17, 15) is 9.59 Å². The summed E-state index contributed by atoms with van der Waals surface area (Å²) in [6, 6.07) is 17.8. The minimum atomic E-state index is -0.471. The van der Waals surface area contributed by atoms with Gasteiger partial charge in [-0.3, -0.25) is 9.59 Å². The smallest absolute Gasteiger partial charge is 0.263 e. The number of carbonyl (C=O) groups is 1. The number of hydrogen-bond donors (Lipinski definition) is 1. The van der Waals surface area contributed by atoms with Crippen LogP contribution in [-0.4, -0.2) is 24.2 Å². The molecule has 0 spiro atoms. The highest BCUT2D eigenvalue weighted by molar-refractivity contribution is 6.04. The molecule has 3 rings (SSSR count). The number of amides is 1. The fraction of sp³-hybridized carbons (Fsp3) is 0.182. The van der Waals surface area contributed by atoms with E-state index >= 15 is 0 Å². The molecule has 0 saturated heterocycles. The van der Waals surface area contributed by atoms with Crippen molar-refractivity contribution in [2.45, 2.75) is 13.5 Å². The summed E-state index contributed by atoms with van der Waals surface area (Å²) in [5.74, 6) is 0.839. The van der Waals surface area contributed by atoms with Crippen molar-refractivity contribution < 1.29 is 14.3 Å². The first-order valence-electron chi connectivity index (χ1n) is 8.98. The highest BCUT2D eigenvalue weighted by atomic mass is 16.5. The number of ether oxygens (including phenoxy) is 2. The van der Waals surface area contributed by atoms with Crippen LogP contribution >= 0.6 is 0 Å². The van der Waals surface area contributed by atoms with E-state index in [0.717, 1.165) is 11.3 Å². The number of para-hydroxylation sites is 2. The van der Waals surface area contributed by atoms with E-state index < -0.39 is 5.91 Å². The van der Waals surface area contributed by atoms with E-state index in [0.29, 0.717) is 24.6 Å². The molecule has 0 aliphatic heterocycles. The fourth-order valence-electron chi connectivity index (χ4n) is 2.80. The number of carbonyl (C=O) groups excluding carboxylic acids is 1. The lowest BCUT2D eigenvalue weighted by Gasteiger charge is -2.12. The third kappa shape index (κ3) is 4.40. The number of rotatable bonds is 7. The Bertz CT molecular complexity index is 1010. The Morgan fingerprint density at radius 1 is 1.04 bits per heavy atom. The van der Waals surface area contributed by atoms with Gasteiger partial charge in [0.15, 0.2) is 0 Å². The molecule has 0 aliphatic rings. The van der Waals surface area contributed by atoms with E-state index in [1.54, 1.807) is 37.6 Å². The molecule has 0 bridgehead atoms. The van der Waals surface area contributed by atoms with Gasteiger partial charge in [0.2, 0.25) is 0 Å². The zero-order valence-electron chi connectivity index (χ0n) is 15.8. The quantitative estimate of drug-likeness (QED) is 0.683. The normalized spacial score (nSPS) is 10.4. The van der Waals surface area contributed by atoms with Crippen LogP contribution in [0.3, 0.4) is 0 Å². The van der Waals surface area contributed by atoms with Crippen molar-refractivity contribution in [3.63, 3.8) is 0 Å². The largest absolute Gasteiger partial charge is 0.497 e. The molecule has 6 nitrogen and oxygen atoms in total. The molecule has 1 amide bonds. The molecular weight excluding hydrogens is 356 g/mol. The molecule has 0 fully saturated rings. The second-order valence-electron chi connectivity index (χ2n) is 6.09. The van der Waals surface area contributed by atoms with Crippen LogP contribution in [0.2, 0.25) is 0 Å². The van der Waals surface area contributed by atoms with Crippen molar-refractivity contribution in [2.75, 3.05) is 19.0 Å². The summed E-state index contributed by atoms with van der Waals surface area (Å²) < 4.78 is 12.2. The van der Waals surface area contributed by atoms with Crippen molar-refractivity contribution in [2.24, 2.45) is 0 Å². The van der Waals surface area contributed by atoms with Gasteiger partial charge >= 0.3 is 0 Å². The second-order valence-corrected chi connectivity index (χ2v) is 6.09. The molecule has 1 aromatic heterocycles. The van der Waals surface area contributed by atoms with Crippen molar-refractivity contribution in [3.05, 3.63) is 88.3 Å². The third-order valence-corrected chi connectivity index (χ3v) is 4.21. The monoisotopic (exact) mass is 378 g/mol. The van der Waals surface area contributed by atoms with Crippen LogP contribution in [0.5, 0.6) is 11.5 Å². The first kappa shape index (κ1) is 19.2. The Kier molecular flexibility index (Phi) is 6.11. The topological polar surface area (TPSA) is 69.6 Å². The number of hydrogen-bond acceptors (Lipinski definition) is 4. The zero-order chi connectivity index (χ0) is 19.9. The number of aromatic nitrogens is 1. The summed E-state index contributed by atoms with van der Waals surface area (Å²) in [7, 11) is 1.60. The molecule has 0 unspecified atom stereocenters. The average Bonchev–Trinajstić information content (AvgIpc) is 2.71. The number of methoxy groups -OCH3 is 1. The summed E-state index contributed by atoms with van der Waals surface area (Å²) >= 11 is 0. The van der Waals surface area contributed by atoms with Gasteiger partial charge in [0, 0.05) is 6.20 Å². The van der Waals surface area contributed by atoms with Crippen molar-refractivity contribution >= 4 is 11.6 Å². The van der Waals surface area contributed by atoms with Crippen LogP contribution in [0.15, 0.2) is 71.7 Å². The Morgan fingerprint density at radius 3 is 2.50 bits per heavy atom. The Morgan fingerprint density at radius 2 is 1.79 bits per heavy atom. The van der Waals surface area contributed by atoms with Gasteiger partial charge in [-0.1, -0.05) is 24.3 Å². The van der Waals surface area contributed by atoms with E-state index in [1.807, 2.05) is 37.3 Å². The predicted molar refractivity (Wildman–Crippen MR) is 108 cm³/mol. The van der Waals surface area contributed by atoms with Gasteiger partial charge in [-0.05, 0) is 48.9 Å². The second kappa shape index (κ2) is 8.90. The van der Waals surface area contributed by atoms with Crippen LogP contribution < -0.4 is 20.3 Å². The lowest BCUT2D eigenvalue weighted by Crippen LogP contribution is -2.29. The lowest BCUT2D eigenvalue weighted by atomic mass is 10.2. The third-order valence-electron chi connectivity index (χ3n) is 4.21. The number of pyridine rings is 1. The van der Waals surface area contributed by atoms with Crippen LogP contribution in [0.4, 0.5) is 5.69 Å². The molecule has 0 saturated carbocycles. The highest BCUT2D eigenvalue weighted by Gasteiger charge is 2.14. The SMILES string of the molecule is CCOc1ccccc1NC(=O)c1cccn(Cc2ccc(OC)cc2)c1=O. The maximum absolute atomic E-state index is 12.8. The van der Waals surface area contributed by atoms with E-state index in [1.165, 1.54) is 10.6 Å². The molecule has 2 aromatic carbocycles. The van der Waals surface area contributed by atoms with E-state index in [4.69, 9.17) is 9.47 Å². The maximum Gasteiger partial charge on any atom is 0.263 e. The molecule has 0 atom stereocenters. The molecular formula is C22H22N2O4. The summed E-state index contributed by atoms with van der Waals surface area (Å²) in [5.41, 5.74) is 1.17. The number of nitrogens with one attached hydrogen (secondary N) is 1. The summed E-state index contributed by atoms with van der Waals surface area (Å²) in [4.78, 5) is 25.5. The minimum absolute atomic E-state index is 0.0716. The first-order valence-corrected chi connectivity index (χ1v) is 8.98. The van der Waals surface area contributed by atoms with Gasteiger partial charge in [-0.25, -0.2) is 0 Å². The predicted octanol–water partition coefficient (Wildman–Crippen LogP) is 3.56. The van der Waals surface area contributed by atoms with Gasteiger partial charge in [0.25, 0.3) is 11.5 Å². The summed E-state index contributed by atoms with van der Waals surface area (Å²) in [5, 5.41) is 2.76. The maximum atomic E-state index is 12.8. The van der Waals surface area contributed by atoms with Gasteiger partial charge in [0.05, 0.1) is 25.9 Å². The zero-order valence-corrected chi connectivity index (χ0v) is 15.8. The summed E-state index contributed by atoms with van der Waals surface area (Å²) in [6.45, 7) is 2.71. The van der Waals surface area contributed by atoms with Crippen LogP contribution in [-0.2, 0) is 6.54 Å². The van der Waals surface area contributed by atoms with E-state index in [2.05, 4.69) is 5.32 Å². The Hall–Kier alpha value is -3.54. The molecule has 6 heteroatoms. The average molecular weight is 378 g/mol. The summed E-state index contributed by atoms with van der Waals surface area (Å²) in [6.07, 6.45) is 1.66. The van der Waals surface area contributed by atoms with Gasteiger partial charge in [-0.2, -0.15) is 0 Å². The van der Waals surface area contributed by atoms with Gasteiger partial charge in [-0.15, -0.1) is 0 Å². The fourth-order valence-corrected chi connectivity index (χ4v) is 2.80. The Labute approximate surface area is 163 Å². The molecule has 1 heterocycles. The number of benzene rings is 2. The molecule has 144 valence electrons. The number of nitrogens with zero attached hydrogens (tertiary/aromatic N) is 1. The van der Waals surface area contributed by atoms with Crippen LogP contribution in [0.25, 0.3) is 0 Å². The van der Waals surface area contributed by atoms with Crippen LogP contribution in [0.1, 0.15) is 22.8 Å². The first-order chi connectivity index (χ1) is 13.6. The van der Waals surface area contributed by atoms with E-state index in [-0.39, 0.29) is 11.1 Å². The van der Waals surface area contributed by atoms with Gasteiger partial charge in [0.1, 0.15) is 17.1 Å². The number of anilines is 1. The molecule has 0 aliphatic carbocycles. The van der Waals surface area contributed by atoms with Gasteiger partial charge < -0.3 is 19.4 Å². The molecule has 0 radical (unpaired) electrons. The lowest BCUT2D eigenvalue weighted by molar-refractivity contribution is 0.102. The van der Waals surface area contributed by atoms with Crippen LogP contribution in [0, 0.1) is 0 Å². The molecule has 3 aromatic rings. The molecule has 28 heavy (non-hydrogen) atoms. The Balaban J connectivity index is 1.82.